The minimum absolute atomic E-state index is 0.0229. The Morgan fingerprint density at radius 1 is 1.52 bits per heavy atom. The molecule has 1 fully saturated rings. The summed E-state index contributed by atoms with van der Waals surface area (Å²) >= 11 is 0. The van der Waals surface area contributed by atoms with E-state index >= 15 is 0 Å². The lowest BCUT2D eigenvalue weighted by Gasteiger charge is -2.20. The van der Waals surface area contributed by atoms with Crippen LogP contribution in [-0.2, 0) is 21.8 Å². The van der Waals surface area contributed by atoms with E-state index in [0.717, 1.165) is 19.4 Å². The average Bonchev–Trinajstić information content (AvgIpc) is 3.07. The van der Waals surface area contributed by atoms with Crippen molar-refractivity contribution in [1.82, 2.24) is 14.6 Å². The maximum Gasteiger partial charge on any atom is 0.268 e. The van der Waals surface area contributed by atoms with Gasteiger partial charge < -0.3 is 14.6 Å². The number of hydrogen-bond acceptors (Lipinski definition) is 4. The molecule has 0 bridgehead atoms. The Labute approximate surface area is 124 Å². The van der Waals surface area contributed by atoms with Crippen molar-refractivity contribution in [2.24, 2.45) is 7.05 Å². The molecule has 2 heterocycles. The molecule has 2 N–H and O–H groups in total. The van der Waals surface area contributed by atoms with Gasteiger partial charge in [0.2, 0.25) is 10.0 Å². The lowest BCUT2D eigenvalue weighted by molar-refractivity contribution is 0.0707. The number of aryl methyl sites for hydroxylation is 1. The molecule has 2 rings (SSSR count). The first-order valence-corrected chi connectivity index (χ1v) is 8.36. The van der Waals surface area contributed by atoms with Crippen LogP contribution in [-0.4, -0.2) is 44.7 Å². The highest BCUT2D eigenvalue weighted by atomic mass is 32.2. The van der Waals surface area contributed by atoms with E-state index in [2.05, 4.69) is 10.0 Å². The number of hydrogen-bond donors (Lipinski definition) is 2. The van der Waals surface area contributed by atoms with Crippen LogP contribution in [0.2, 0.25) is 0 Å². The van der Waals surface area contributed by atoms with Gasteiger partial charge in [0.15, 0.2) is 0 Å². The van der Waals surface area contributed by atoms with E-state index < -0.39 is 10.0 Å². The predicted molar refractivity (Wildman–Crippen MR) is 77.6 cm³/mol. The topological polar surface area (TPSA) is 89.4 Å². The van der Waals surface area contributed by atoms with Gasteiger partial charge in [-0.2, -0.15) is 0 Å². The van der Waals surface area contributed by atoms with Crippen LogP contribution in [0, 0.1) is 0 Å². The minimum Gasteiger partial charge on any atom is -0.376 e. The average molecular weight is 315 g/mol. The number of rotatable bonds is 5. The molecular formula is C13H21N3O4S. The molecule has 7 nitrogen and oxygen atoms in total. The molecule has 0 unspecified atom stereocenters. The Hall–Kier alpha value is -1.38. The van der Waals surface area contributed by atoms with Crippen molar-refractivity contribution in [2.75, 3.05) is 13.7 Å². The molecule has 1 aliphatic heterocycles. The highest BCUT2D eigenvalue weighted by molar-refractivity contribution is 7.89. The third-order valence-corrected chi connectivity index (χ3v) is 5.05. The van der Waals surface area contributed by atoms with Gasteiger partial charge in [0.05, 0.1) is 12.1 Å². The van der Waals surface area contributed by atoms with Gasteiger partial charge in [-0.05, 0) is 32.9 Å². The zero-order valence-electron chi connectivity index (χ0n) is 12.4. The number of aromatic nitrogens is 1. The van der Waals surface area contributed by atoms with Gasteiger partial charge in [-0.1, -0.05) is 0 Å². The van der Waals surface area contributed by atoms with Crippen molar-refractivity contribution in [3.05, 3.63) is 18.0 Å². The lowest BCUT2D eigenvalue weighted by atomic mass is 10.1. The molecule has 8 heteroatoms. The molecule has 1 aromatic rings. The number of ether oxygens (including phenoxy) is 1. The smallest absolute Gasteiger partial charge is 0.268 e. The van der Waals surface area contributed by atoms with Crippen LogP contribution in [0.25, 0.3) is 0 Å². The fourth-order valence-electron chi connectivity index (χ4n) is 2.40. The van der Waals surface area contributed by atoms with Crippen LogP contribution in [0.4, 0.5) is 0 Å². The lowest BCUT2D eigenvalue weighted by Crippen LogP contribution is -2.41. The largest absolute Gasteiger partial charge is 0.376 e. The first-order chi connectivity index (χ1) is 9.85. The first kappa shape index (κ1) is 16.0. The summed E-state index contributed by atoms with van der Waals surface area (Å²) in [5.41, 5.74) is 0.300. The van der Waals surface area contributed by atoms with E-state index in [0.29, 0.717) is 5.69 Å². The Kier molecular flexibility index (Phi) is 4.70. The zero-order chi connectivity index (χ0) is 15.6. The number of nitrogens with one attached hydrogen (secondary N) is 2. The predicted octanol–water partition coefficient (Wildman–Crippen LogP) is 0.231. The summed E-state index contributed by atoms with van der Waals surface area (Å²) in [6.07, 6.45) is 3.36. The maximum atomic E-state index is 12.3. The molecule has 21 heavy (non-hydrogen) atoms. The Bertz CT molecular complexity index is 617. The summed E-state index contributed by atoms with van der Waals surface area (Å²) < 4.78 is 32.8. The standard InChI is InChI=1S/C13H21N3O4S/c1-9(12-5-4-6-20-12)15-13(17)11-7-10(8-16(11)3)21(18,19)14-2/h7-9,12,14H,4-6H2,1-3H3,(H,15,17)/t9-,12+/m1/s1. The van der Waals surface area contributed by atoms with E-state index in [-0.39, 0.29) is 22.9 Å². The van der Waals surface area contributed by atoms with Crippen LogP contribution < -0.4 is 10.0 Å². The van der Waals surface area contributed by atoms with Gasteiger partial charge in [0, 0.05) is 19.9 Å². The Morgan fingerprint density at radius 2 is 2.24 bits per heavy atom. The van der Waals surface area contributed by atoms with Crippen LogP contribution in [0.3, 0.4) is 0 Å². The maximum absolute atomic E-state index is 12.3. The van der Waals surface area contributed by atoms with Crippen LogP contribution in [0.5, 0.6) is 0 Å². The van der Waals surface area contributed by atoms with Crippen molar-refractivity contribution in [1.29, 1.82) is 0 Å². The Morgan fingerprint density at radius 3 is 2.81 bits per heavy atom. The van der Waals surface area contributed by atoms with Gasteiger partial charge in [-0.25, -0.2) is 13.1 Å². The molecule has 1 aliphatic rings. The number of amides is 1. The molecule has 0 saturated carbocycles. The molecule has 0 spiro atoms. The fraction of sp³-hybridized carbons (Fsp3) is 0.615. The van der Waals surface area contributed by atoms with E-state index in [9.17, 15) is 13.2 Å². The van der Waals surface area contributed by atoms with E-state index in [1.165, 1.54) is 23.9 Å². The normalized spacial score (nSPS) is 20.4. The molecule has 2 atom stereocenters. The second-order valence-corrected chi connectivity index (χ2v) is 7.08. The number of carbonyl (C=O) groups excluding carboxylic acids is 1. The monoisotopic (exact) mass is 315 g/mol. The summed E-state index contributed by atoms with van der Waals surface area (Å²) in [7, 11) is -0.579. The first-order valence-electron chi connectivity index (χ1n) is 6.87. The minimum atomic E-state index is -3.55. The van der Waals surface area contributed by atoms with Crippen LogP contribution >= 0.6 is 0 Å². The molecular weight excluding hydrogens is 294 g/mol. The van der Waals surface area contributed by atoms with E-state index in [4.69, 9.17) is 4.74 Å². The van der Waals surface area contributed by atoms with Crippen molar-refractivity contribution < 1.29 is 17.9 Å². The summed E-state index contributed by atoms with van der Waals surface area (Å²) in [6, 6.07) is 1.25. The highest BCUT2D eigenvalue weighted by Gasteiger charge is 2.25. The number of sulfonamides is 1. The zero-order valence-corrected chi connectivity index (χ0v) is 13.2. The van der Waals surface area contributed by atoms with Crippen molar-refractivity contribution in [3.63, 3.8) is 0 Å². The second kappa shape index (κ2) is 6.17. The summed E-state index contributed by atoms with van der Waals surface area (Å²) in [6.45, 7) is 2.61. The number of nitrogens with zero attached hydrogens (tertiary/aromatic N) is 1. The quantitative estimate of drug-likeness (QED) is 0.814. The summed E-state index contributed by atoms with van der Waals surface area (Å²) in [5, 5.41) is 2.86. The van der Waals surface area contributed by atoms with E-state index in [1.807, 2.05) is 6.92 Å². The van der Waals surface area contributed by atoms with Crippen LogP contribution in [0.1, 0.15) is 30.3 Å². The van der Waals surface area contributed by atoms with Gasteiger partial charge in [0.25, 0.3) is 5.91 Å². The molecule has 0 aliphatic carbocycles. The van der Waals surface area contributed by atoms with Crippen molar-refractivity contribution in [2.45, 2.75) is 36.8 Å². The van der Waals surface area contributed by atoms with Crippen molar-refractivity contribution >= 4 is 15.9 Å². The van der Waals surface area contributed by atoms with Gasteiger partial charge in [0.1, 0.15) is 10.6 Å². The molecule has 0 aromatic carbocycles. The van der Waals surface area contributed by atoms with Crippen LogP contribution in [0.15, 0.2) is 17.2 Å². The molecule has 0 radical (unpaired) electrons. The molecule has 1 saturated heterocycles. The van der Waals surface area contributed by atoms with E-state index in [1.54, 1.807) is 7.05 Å². The summed E-state index contributed by atoms with van der Waals surface area (Å²) in [4.78, 5) is 12.3. The van der Waals surface area contributed by atoms with Gasteiger partial charge >= 0.3 is 0 Å². The molecule has 118 valence electrons. The number of carbonyl (C=O) groups is 1. The third kappa shape index (κ3) is 3.45. The fourth-order valence-corrected chi connectivity index (χ4v) is 3.19. The molecule has 1 aromatic heterocycles. The second-order valence-electron chi connectivity index (χ2n) is 5.19. The van der Waals surface area contributed by atoms with Gasteiger partial charge in [-0.15, -0.1) is 0 Å². The van der Waals surface area contributed by atoms with Gasteiger partial charge in [-0.3, -0.25) is 4.79 Å². The van der Waals surface area contributed by atoms with Crippen molar-refractivity contribution in [3.8, 4) is 0 Å². The highest BCUT2D eigenvalue weighted by Crippen LogP contribution is 2.17. The third-order valence-electron chi connectivity index (χ3n) is 3.67. The summed E-state index contributed by atoms with van der Waals surface area (Å²) in [5.74, 6) is -0.307. The SMILES string of the molecule is CNS(=O)(=O)c1cc(C(=O)N[C@H](C)[C@@H]2CCCO2)n(C)c1. The molecule has 1 amide bonds. The Balaban J connectivity index is 2.12.